The zero-order chi connectivity index (χ0) is 9.97. The van der Waals surface area contributed by atoms with Crippen molar-refractivity contribution in [1.29, 1.82) is 0 Å². The van der Waals surface area contributed by atoms with E-state index >= 15 is 0 Å². The molecule has 1 aliphatic rings. The summed E-state index contributed by atoms with van der Waals surface area (Å²) in [6.07, 6.45) is 4.01. The monoisotopic (exact) mass is 195 g/mol. The molecule has 2 N–H and O–H groups in total. The Morgan fingerprint density at radius 2 is 2.57 bits per heavy atom. The van der Waals surface area contributed by atoms with Crippen molar-refractivity contribution in [3.8, 4) is 0 Å². The maximum absolute atomic E-state index is 11.4. The molecular weight excluding hydrogens is 182 g/mol. The molecule has 2 rings (SSSR count). The molecule has 1 unspecified atom stereocenters. The summed E-state index contributed by atoms with van der Waals surface area (Å²) in [6, 6.07) is 0. The van der Waals surface area contributed by atoms with Gasteiger partial charge in [-0.05, 0) is 6.42 Å². The number of aliphatic hydroxyl groups excluding tert-OH is 1. The van der Waals surface area contributed by atoms with Crippen molar-refractivity contribution in [2.45, 2.75) is 6.42 Å². The number of hydrogen-bond donors (Lipinski definition) is 2. The normalized spacial score (nSPS) is 21.5. The van der Waals surface area contributed by atoms with Gasteiger partial charge in [0, 0.05) is 38.0 Å². The van der Waals surface area contributed by atoms with Crippen LogP contribution in [-0.2, 0) is 0 Å². The SMILES string of the molecule is O=c1[nH]ccnc1N1CCC(CO)C1. The molecule has 1 aromatic heterocycles. The van der Waals surface area contributed by atoms with Crippen molar-refractivity contribution < 1.29 is 5.11 Å². The first kappa shape index (κ1) is 9.21. The van der Waals surface area contributed by atoms with Crippen molar-refractivity contribution in [3.05, 3.63) is 22.7 Å². The van der Waals surface area contributed by atoms with E-state index in [-0.39, 0.29) is 18.1 Å². The highest BCUT2D eigenvalue weighted by molar-refractivity contribution is 5.36. The Balaban J connectivity index is 2.18. The zero-order valence-corrected chi connectivity index (χ0v) is 7.81. The smallest absolute Gasteiger partial charge is 0.290 e. The highest BCUT2D eigenvalue weighted by Crippen LogP contribution is 2.18. The molecule has 1 aliphatic heterocycles. The van der Waals surface area contributed by atoms with E-state index in [9.17, 15) is 4.79 Å². The minimum atomic E-state index is -0.161. The summed E-state index contributed by atoms with van der Waals surface area (Å²) in [5.41, 5.74) is -0.161. The van der Waals surface area contributed by atoms with Crippen LogP contribution in [0.1, 0.15) is 6.42 Å². The van der Waals surface area contributed by atoms with Crippen molar-refractivity contribution >= 4 is 5.82 Å². The second kappa shape index (κ2) is 3.79. The van der Waals surface area contributed by atoms with Gasteiger partial charge in [0.25, 0.3) is 5.56 Å². The molecule has 5 nitrogen and oxygen atoms in total. The number of aromatic nitrogens is 2. The Bertz CT molecular complexity index is 363. The van der Waals surface area contributed by atoms with Crippen LogP contribution >= 0.6 is 0 Å². The molecule has 76 valence electrons. The van der Waals surface area contributed by atoms with Gasteiger partial charge in [0.05, 0.1) is 0 Å². The number of rotatable bonds is 2. The molecule has 2 heterocycles. The molecule has 1 atom stereocenters. The highest BCUT2D eigenvalue weighted by atomic mass is 16.3. The van der Waals surface area contributed by atoms with Gasteiger partial charge in [-0.3, -0.25) is 4.79 Å². The molecule has 0 saturated carbocycles. The van der Waals surface area contributed by atoms with Crippen LogP contribution in [0, 0.1) is 5.92 Å². The van der Waals surface area contributed by atoms with E-state index in [4.69, 9.17) is 5.11 Å². The third-order valence-corrected chi connectivity index (χ3v) is 2.53. The molecule has 5 heteroatoms. The highest BCUT2D eigenvalue weighted by Gasteiger charge is 2.24. The molecule has 0 bridgehead atoms. The first-order chi connectivity index (χ1) is 6.81. The molecule has 0 aromatic carbocycles. The molecule has 0 radical (unpaired) electrons. The van der Waals surface area contributed by atoms with Crippen molar-refractivity contribution in [3.63, 3.8) is 0 Å². The van der Waals surface area contributed by atoms with Gasteiger partial charge >= 0.3 is 0 Å². The minimum Gasteiger partial charge on any atom is -0.396 e. The van der Waals surface area contributed by atoms with E-state index in [0.29, 0.717) is 5.82 Å². The lowest BCUT2D eigenvalue weighted by atomic mass is 10.1. The Morgan fingerprint density at radius 3 is 3.21 bits per heavy atom. The Kier molecular flexibility index (Phi) is 2.49. The summed E-state index contributed by atoms with van der Waals surface area (Å²) in [4.78, 5) is 19.9. The van der Waals surface area contributed by atoms with Gasteiger partial charge in [0.15, 0.2) is 5.82 Å². The number of aliphatic hydroxyl groups is 1. The van der Waals surface area contributed by atoms with Gasteiger partial charge in [-0.25, -0.2) is 4.98 Å². The van der Waals surface area contributed by atoms with Gasteiger partial charge in [0.1, 0.15) is 0 Å². The van der Waals surface area contributed by atoms with Crippen LogP contribution in [0.5, 0.6) is 0 Å². The molecule has 0 aliphatic carbocycles. The molecule has 1 saturated heterocycles. The number of nitrogens with one attached hydrogen (secondary N) is 1. The molecule has 0 spiro atoms. The van der Waals surface area contributed by atoms with Crippen LogP contribution in [0.4, 0.5) is 5.82 Å². The average Bonchev–Trinajstić information content (AvgIpc) is 2.67. The molecule has 0 amide bonds. The second-order valence-corrected chi connectivity index (χ2v) is 3.53. The fourth-order valence-electron chi connectivity index (χ4n) is 1.74. The summed E-state index contributed by atoms with van der Waals surface area (Å²) in [5.74, 6) is 0.736. The summed E-state index contributed by atoms with van der Waals surface area (Å²) >= 11 is 0. The summed E-state index contributed by atoms with van der Waals surface area (Å²) in [6.45, 7) is 1.70. The maximum Gasteiger partial charge on any atom is 0.290 e. The zero-order valence-electron chi connectivity index (χ0n) is 7.81. The number of H-pyrrole nitrogens is 1. The quantitative estimate of drug-likeness (QED) is 0.673. The van der Waals surface area contributed by atoms with Gasteiger partial charge in [0.2, 0.25) is 0 Å². The summed E-state index contributed by atoms with van der Waals surface area (Å²) < 4.78 is 0. The predicted octanol–water partition coefficient (Wildman–Crippen LogP) is -0.411. The topological polar surface area (TPSA) is 69.2 Å². The van der Waals surface area contributed by atoms with Crippen LogP contribution in [0.25, 0.3) is 0 Å². The van der Waals surface area contributed by atoms with Gasteiger partial charge in [-0.15, -0.1) is 0 Å². The lowest BCUT2D eigenvalue weighted by molar-refractivity contribution is 0.238. The van der Waals surface area contributed by atoms with E-state index in [1.807, 2.05) is 4.90 Å². The Morgan fingerprint density at radius 1 is 1.71 bits per heavy atom. The second-order valence-electron chi connectivity index (χ2n) is 3.53. The minimum absolute atomic E-state index is 0.161. The Hall–Kier alpha value is -1.36. The number of nitrogens with zero attached hydrogens (tertiary/aromatic N) is 2. The lowest BCUT2D eigenvalue weighted by Crippen LogP contribution is -2.28. The average molecular weight is 195 g/mol. The van der Waals surface area contributed by atoms with Gasteiger partial charge in [-0.1, -0.05) is 0 Å². The third-order valence-electron chi connectivity index (χ3n) is 2.53. The fourth-order valence-corrected chi connectivity index (χ4v) is 1.74. The van der Waals surface area contributed by atoms with Crippen molar-refractivity contribution in [2.75, 3.05) is 24.6 Å². The lowest BCUT2D eigenvalue weighted by Gasteiger charge is -2.15. The van der Waals surface area contributed by atoms with Gasteiger partial charge < -0.3 is 15.0 Å². The molecular formula is C9H13N3O2. The van der Waals surface area contributed by atoms with E-state index in [0.717, 1.165) is 19.5 Å². The fraction of sp³-hybridized carbons (Fsp3) is 0.556. The van der Waals surface area contributed by atoms with Gasteiger partial charge in [-0.2, -0.15) is 0 Å². The van der Waals surface area contributed by atoms with E-state index < -0.39 is 0 Å². The van der Waals surface area contributed by atoms with Crippen LogP contribution < -0.4 is 10.5 Å². The first-order valence-electron chi connectivity index (χ1n) is 4.70. The molecule has 14 heavy (non-hydrogen) atoms. The first-order valence-corrected chi connectivity index (χ1v) is 4.70. The third kappa shape index (κ3) is 1.63. The van der Waals surface area contributed by atoms with Crippen molar-refractivity contribution in [2.24, 2.45) is 5.92 Å². The number of aromatic amines is 1. The maximum atomic E-state index is 11.4. The van der Waals surface area contributed by atoms with E-state index in [1.54, 1.807) is 6.20 Å². The van der Waals surface area contributed by atoms with Crippen LogP contribution in [-0.4, -0.2) is 34.8 Å². The van der Waals surface area contributed by atoms with Crippen LogP contribution in [0.15, 0.2) is 17.2 Å². The van der Waals surface area contributed by atoms with Crippen LogP contribution in [0.3, 0.4) is 0 Å². The number of anilines is 1. The van der Waals surface area contributed by atoms with Crippen molar-refractivity contribution in [1.82, 2.24) is 9.97 Å². The largest absolute Gasteiger partial charge is 0.396 e. The standard InChI is InChI=1S/C9H13N3O2/c13-6-7-1-4-12(5-7)8-9(14)11-3-2-10-8/h2-3,7,13H,1,4-6H2,(H,11,14). The Labute approximate surface area is 81.4 Å². The van der Waals surface area contributed by atoms with E-state index in [1.165, 1.54) is 6.20 Å². The van der Waals surface area contributed by atoms with Crippen LogP contribution in [0.2, 0.25) is 0 Å². The number of hydrogen-bond acceptors (Lipinski definition) is 4. The summed E-state index contributed by atoms with van der Waals surface area (Å²) in [7, 11) is 0. The summed E-state index contributed by atoms with van der Waals surface area (Å²) in [5, 5.41) is 8.97. The predicted molar refractivity (Wildman–Crippen MR) is 52.3 cm³/mol. The molecule has 1 aromatic rings. The molecule has 1 fully saturated rings. The van der Waals surface area contributed by atoms with E-state index in [2.05, 4.69) is 9.97 Å².